The van der Waals surface area contributed by atoms with Crippen LogP contribution in [0.15, 0.2) is 73.2 Å². The number of fused-ring (bicyclic) bond motifs is 1. The highest BCUT2D eigenvalue weighted by atomic mass is 16.3. The Morgan fingerprint density at radius 3 is 2.73 bits per heavy atom. The lowest BCUT2D eigenvalue weighted by Gasteiger charge is -2.24. The van der Waals surface area contributed by atoms with E-state index in [1.807, 2.05) is 36.4 Å². The largest absolute Gasteiger partial charge is 0.506 e. The molecule has 0 spiro atoms. The topological polar surface area (TPSA) is 100 Å². The Hall–Kier alpha value is -4.20. The van der Waals surface area contributed by atoms with E-state index in [1.165, 1.54) is 4.90 Å². The molecule has 1 fully saturated rings. The molecule has 1 unspecified atom stereocenters. The Morgan fingerprint density at radius 1 is 1.06 bits per heavy atom. The van der Waals surface area contributed by atoms with E-state index in [9.17, 15) is 14.7 Å². The quantitative estimate of drug-likeness (QED) is 0.494. The average molecular weight is 441 g/mol. The minimum absolute atomic E-state index is 0.0565. The van der Waals surface area contributed by atoms with Gasteiger partial charge in [-0.25, -0.2) is 0 Å². The molecule has 166 valence electrons. The number of aromatic hydroxyl groups is 1. The molecule has 8 heteroatoms. The lowest BCUT2D eigenvalue weighted by Crippen LogP contribution is -2.43. The standard InChI is InChI=1S/C25H23N5O3/c31-23-19-5-2-1-4-18(19)7-8-20(23)25(33)30-14-3-6-21(30)24(32)27-22-11-15-29(28-22)16-17-9-12-26-13-10-17/h1-2,4-5,7-13,15,21,31H,3,6,14,16H2,(H,27,28,32). The van der Waals surface area contributed by atoms with Gasteiger partial charge in [-0.05, 0) is 42.0 Å². The molecule has 1 aliphatic heterocycles. The molecular weight excluding hydrogens is 418 g/mol. The minimum Gasteiger partial charge on any atom is -0.506 e. The molecule has 0 saturated carbocycles. The number of hydrogen-bond acceptors (Lipinski definition) is 5. The maximum Gasteiger partial charge on any atom is 0.258 e. The normalized spacial score (nSPS) is 15.6. The fraction of sp³-hybridized carbons (Fsp3) is 0.200. The number of anilines is 1. The van der Waals surface area contributed by atoms with Crippen LogP contribution < -0.4 is 5.32 Å². The van der Waals surface area contributed by atoms with E-state index in [0.29, 0.717) is 37.1 Å². The van der Waals surface area contributed by atoms with E-state index in [1.54, 1.807) is 41.5 Å². The van der Waals surface area contributed by atoms with Crippen molar-refractivity contribution < 1.29 is 14.7 Å². The summed E-state index contributed by atoms with van der Waals surface area (Å²) in [5.74, 6) is -0.254. The molecule has 1 aliphatic rings. The lowest BCUT2D eigenvalue weighted by molar-refractivity contribution is -0.119. The Bertz CT molecular complexity index is 1320. The SMILES string of the molecule is O=C(Nc1ccn(Cc2ccncc2)n1)C1CCCN1C(=O)c1ccc2ccccc2c1O. The molecule has 33 heavy (non-hydrogen) atoms. The van der Waals surface area contributed by atoms with Gasteiger partial charge in [-0.1, -0.05) is 30.3 Å². The zero-order valence-electron chi connectivity index (χ0n) is 17.9. The van der Waals surface area contributed by atoms with Crippen molar-refractivity contribution in [3.8, 4) is 5.75 Å². The van der Waals surface area contributed by atoms with Gasteiger partial charge in [0.25, 0.3) is 5.91 Å². The zero-order chi connectivity index (χ0) is 22.8. The molecule has 4 aromatic rings. The van der Waals surface area contributed by atoms with Crippen LogP contribution in [-0.2, 0) is 11.3 Å². The Balaban J connectivity index is 1.30. The van der Waals surface area contributed by atoms with E-state index in [4.69, 9.17) is 0 Å². The van der Waals surface area contributed by atoms with Crippen LogP contribution in [0.1, 0.15) is 28.8 Å². The van der Waals surface area contributed by atoms with Crippen LogP contribution in [0.5, 0.6) is 5.75 Å². The second kappa shape index (κ2) is 8.74. The van der Waals surface area contributed by atoms with Crippen LogP contribution in [0.25, 0.3) is 10.8 Å². The van der Waals surface area contributed by atoms with Crippen molar-refractivity contribution in [2.75, 3.05) is 11.9 Å². The van der Waals surface area contributed by atoms with Crippen molar-refractivity contribution in [1.29, 1.82) is 0 Å². The monoisotopic (exact) mass is 441 g/mol. The molecule has 8 nitrogen and oxygen atoms in total. The van der Waals surface area contributed by atoms with Crippen LogP contribution >= 0.6 is 0 Å². The number of nitrogens with zero attached hydrogens (tertiary/aromatic N) is 4. The highest BCUT2D eigenvalue weighted by Crippen LogP contribution is 2.31. The highest BCUT2D eigenvalue weighted by Gasteiger charge is 2.35. The fourth-order valence-electron chi connectivity index (χ4n) is 4.27. The van der Waals surface area contributed by atoms with Crippen LogP contribution in [0.2, 0.25) is 0 Å². The predicted molar refractivity (Wildman–Crippen MR) is 124 cm³/mol. The molecule has 0 bridgehead atoms. The van der Waals surface area contributed by atoms with Gasteiger partial charge in [-0.3, -0.25) is 19.3 Å². The Labute approximate surface area is 190 Å². The van der Waals surface area contributed by atoms with Gasteiger partial charge in [0.1, 0.15) is 11.8 Å². The number of benzene rings is 2. The zero-order valence-corrected chi connectivity index (χ0v) is 17.9. The first kappa shape index (κ1) is 20.7. The average Bonchev–Trinajstić information content (AvgIpc) is 3.50. The Morgan fingerprint density at radius 2 is 1.88 bits per heavy atom. The van der Waals surface area contributed by atoms with Gasteiger partial charge in [0.2, 0.25) is 5.91 Å². The second-order valence-electron chi connectivity index (χ2n) is 8.08. The summed E-state index contributed by atoms with van der Waals surface area (Å²) >= 11 is 0. The number of hydrogen-bond donors (Lipinski definition) is 2. The van der Waals surface area contributed by atoms with Gasteiger partial charge >= 0.3 is 0 Å². The molecule has 0 radical (unpaired) electrons. The Kier molecular flexibility index (Phi) is 5.48. The fourth-order valence-corrected chi connectivity index (χ4v) is 4.27. The molecule has 1 atom stereocenters. The molecular formula is C25H23N5O3. The molecule has 2 aromatic heterocycles. The second-order valence-corrected chi connectivity index (χ2v) is 8.08. The summed E-state index contributed by atoms with van der Waals surface area (Å²) in [6.45, 7) is 1.02. The molecule has 3 heterocycles. The molecule has 1 saturated heterocycles. The first-order chi connectivity index (χ1) is 16.1. The smallest absolute Gasteiger partial charge is 0.258 e. The third-order valence-electron chi connectivity index (χ3n) is 5.93. The van der Waals surface area contributed by atoms with Crippen molar-refractivity contribution in [1.82, 2.24) is 19.7 Å². The third-order valence-corrected chi connectivity index (χ3v) is 5.93. The molecule has 5 rings (SSSR count). The maximum atomic E-state index is 13.2. The number of amides is 2. The van der Waals surface area contributed by atoms with E-state index in [-0.39, 0.29) is 23.1 Å². The van der Waals surface area contributed by atoms with Gasteiger partial charge in [0, 0.05) is 36.6 Å². The first-order valence-corrected chi connectivity index (χ1v) is 10.8. The number of nitrogens with one attached hydrogen (secondary N) is 1. The lowest BCUT2D eigenvalue weighted by atomic mass is 10.0. The number of phenolic OH excluding ortho intramolecular Hbond substituents is 1. The number of pyridine rings is 1. The van der Waals surface area contributed by atoms with Crippen molar-refractivity contribution in [3.63, 3.8) is 0 Å². The number of aromatic nitrogens is 3. The summed E-state index contributed by atoms with van der Waals surface area (Å²) in [6.07, 6.45) is 6.51. The summed E-state index contributed by atoms with van der Waals surface area (Å²) < 4.78 is 1.73. The molecule has 2 N–H and O–H groups in total. The molecule has 0 aliphatic carbocycles. The van der Waals surface area contributed by atoms with E-state index in [0.717, 1.165) is 10.9 Å². The first-order valence-electron chi connectivity index (χ1n) is 10.8. The molecule has 2 amide bonds. The summed E-state index contributed by atoms with van der Waals surface area (Å²) in [7, 11) is 0. The van der Waals surface area contributed by atoms with Crippen molar-refractivity contribution >= 4 is 28.4 Å². The number of carbonyl (C=O) groups is 2. The minimum atomic E-state index is -0.617. The summed E-state index contributed by atoms with van der Waals surface area (Å²) in [5, 5.41) is 19.4. The van der Waals surface area contributed by atoms with Gasteiger partial charge in [-0.15, -0.1) is 0 Å². The van der Waals surface area contributed by atoms with Gasteiger partial charge in [0.15, 0.2) is 5.82 Å². The third kappa shape index (κ3) is 4.15. The summed E-state index contributed by atoms with van der Waals surface area (Å²) in [6, 6.07) is 15.7. The van der Waals surface area contributed by atoms with Crippen LogP contribution in [0.3, 0.4) is 0 Å². The number of carbonyl (C=O) groups excluding carboxylic acids is 2. The maximum absolute atomic E-state index is 13.2. The highest BCUT2D eigenvalue weighted by molar-refractivity contribution is 6.06. The van der Waals surface area contributed by atoms with Crippen molar-refractivity contribution in [3.05, 3.63) is 84.3 Å². The number of phenols is 1. The summed E-state index contributed by atoms with van der Waals surface area (Å²) in [4.78, 5) is 31.8. The van der Waals surface area contributed by atoms with Crippen LogP contribution in [0, 0.1) is 0 Å². The van der Waals surface area contributed by atoms with Gasteiger partial charge in [0.05, 0.1) is 12.1 Å². The predicted octanol–water partition coefficient (Wildman–Crippen LogP) is 3.43. The van der Waals surface area contributed by atoms with Crippen LogP contribution in [0.4, 0.5) is 5.82 Å². The molecule has 2 aromatic carbocycles. The van der Waals surface area contributed by atoms with E-state index < -0.39 is 6.04 Å². The van der Waals surface area contributed by atoms with Gasteiger partial charge < -0.3 is 15.3 Å². The van der Waals surface area contributed by atoms with E-state index >= 15 is 0 Å². The van der Waals surface area contributed by atoms with Crippen LogP contribution in [-0.4, -0.2) is 49.2 Å². The summed E-state index contributed by atoms with van der Waals surface area (Å²) in [5.41, 5.74) is 1.25. The van der Waals surface area contributed by atoms with Crippen molar-refractivity contribution in [2.45, 2.75) is 25.4 Å². The van der Waals surface area contributed by atoms with E-state index in [2.05, 4.69) is 15.4 Å². The van der Waals surface area contributed by atoms with Gasteiger partial charge in [-0.2, -0.15) is 5.10 Å². The number of rotatable bonds is 5. The van der Waals surface area contributed by atoms with Crippen molar-refractivity contribution in [2.24, 2.45) is 0 Å². The number of likely N-dealkylation sites (tertiary alicyclic amines) is 1.